The van der Waals surface area contributed by atoms with Crippen molar-refractivity contribution in [2.75, 3.05) is 17.7 Å². The van der Waals surface area contributed by atoms with E-state index in [1.54, 1.807) is 42.5 Å². The van der Waals surface area contributed by atoms with Gasteiger partial charge in [-0.2, -0.15) is 5.26 Å². The van der Waals surface area contributed by atoms with Crippen LogP contribution in [0, 0.1) is 16.7 Å². The van der Waals surface area contributed by atoms with Crippen LogP contribution in [0.25, 0.3) is 0 Å². The summed E-state index contributed by atoms with van der Waals surface area (Å²) >= 11 is 5.97. The van der Waals surface area contributed by atoms with Gasteiger partial charge in [-0.1, -0.05) is 17.7 Å². The molecule has 0 aromatic heterocycles. The number of nitrogens with zero attached hydrogens (tertiary/aromatic N) is 1. The number of carbonyl (C=O) groups excluding carboxylic acids is 2. The van der Waals surface area contributed by atoms with E-state index in [1.165, 1.54) is 7.11 Å². The van der Waals surface area contributed by atoms with Crippen LogP contribution >= 0.6 is 11.6 Å². The number of benzene rings is 2. The molecule has 1 fully saturated rings. The lowest BCUT2D eigenvalue weighted by Crippen LogP contribution is -2.35. The van der Waals surface area contributed by atoms with Gasteiger partial charge in [0.25, 0.3) is 0 Å². The Kier molecular flexibility index (Phi) is 4.83. The van der Waals surface area contributed by atoms with Gasteiger partial charge in [0.2, 0.25) is 11.8 Å². The summed E-state index contributed by atoms with van der Waals surface area (Å²) in [6.07, 6.45) is 0.900. The highest BCUT2D eigenvalue weighted by atomic mass is 35.5. The van der Waals surface area contributed by atoms with Crippen molar-refractivity contribution in [3.05, 3.63) is 53.1 Å². The third kappa shape index (κ3) is 3.48. The molecule has 0 atom stereocenters. The SMILES string of the molecule is COc1ccc(Cl)cc1NC(=O)C1(C(=O)Nc2cccc(C#N)c2)CC1. The topological polar surface area (TPSA) is 91.2 Å². The van der Waals surface area contributed by atoms with Crippen LogP contribution in [0.3, 0.4) is 0 Å². The maximum atomic E-state index is 12.7. The maximum absolute atomic E-state index is 12.7. The van der Waals surface area contributed by atoms with Crippen molar-refractivity contribution in [2.24, 2.45) is 5.41 Å². The Labute approximate surface area is 155 Å². The van der Waals surface area contributed by atoms with Gasteiger partial charge >= 0.3 is 0 Å². The minimum Gasteiger partial charge on any atom is -0.495 e. The molecule has 0 radical (unpaired) electrons. The molecule has 0 unspecified atom stereocenters. The van der Waals surface area contributed by atoms with E-state index in [-0.39, 0.29) is 0 Å². The number of anilines is 2. The van der Waals surface area contributed by atoms with E-state index in [4.69, 9.17) is 21.6 Å². The van der Waals surface area contributed by atoms with Gasteiger partial charge in [-0.05, 0) is 49.2 Å². The van der Waals surface area contributed by atoms with Gasteiger partial charge in [0.15, 0.2) is 0 Å². The fourth-order valence-corrected chi connectivity index (χ4v) is 2.79. The Morgan fingerprint density at radius 2 is 1.88 bits per heavy atom. The number of nitrogens with one attached hydrogen (secondary N) is 2. The molecule has 132 valence electrons. The van der Waals surface area contributed by atoms with E-state index >= 15 is 0 Å². The van der Waals surface area contributed by atoms with Crippen molar-refractivity contribution in [2.45, 2.75) is 12.8 Å². The second-order valence-electron chi connectivity index (χ2n) is 6.03. The van der Waals surface area contributed by atoms with Crippen LogP contribution in [-0.2, 0) is 9.59 Å². The molecule has 6 nitrogen and oxygen atoms in total. The molecule has 1 aliphatic rings. The average Bonchev–Trinajstić information content (AvgIpc) is 3.44. The van der Waals surface area contributed by atoms with E-state index in [0.717, 1.165) is 0 Å². The Balaban J connectivity index is 1.76. The zero-order chi connectivity index (χ0) is 18.7. The first kappa shape index (κ1) is 17.8. The Bertz CT molecular complexity index is 916. The number of nitriles is 1. The van der Waals surface area contributed by atoms with E-state index in [2.05, 4.69) is 10.6 Å². The predicted octanol–water partition coefficient (Wildman–Crippen LogP) is 3.58. The highest BCUT2D eigenvalue weighted by Gasteiger charge is 2.56. The van der Waals surface area contributed by atoms with Crippen LogP contribution in [-0.4, -0.2) is 18.9 Å². The number of hydrogen-bond donors (Lipinski definition) is 2. The van der Waals surface area contributed by atoms with Crippen molar-refractivity contribution in [3.63, 3.8) is 0 Å². The number of halogens is 1. The maximum Gasteiger partial charge on any atom is 0.240 e. The molecule has 0 aliphatic heterocycles. The highest BCUT2D eigenvalue weighted by molar-refractivity contribution is 6.31. The summed E-state index contributed by atoms with van der Waals surface area (Å²) in [5.41, 5.74) is 0.195. The lowest BCUT2D eigenvalue weighted by molar-refractivity contribution is -0.131. The lowest BCUT2D eigenvalue weighted by atomic mass is 10.0. The molecule has 1 saturated carbocycles. The molecular weight excluding hydrogens is 354 g/mol. The number of ether oxygens (including phenoxy) is 1. The lowest BCUT2D eigenvalue weighted by Gasteiger charge is -2.17. The van der Waals surface area contributed by atoms with Crippen molar-refractivity contribution in [1.82, 2.24) is 0 Å². The van der Waals surface area contributed by atoms with E-state index in [1.807, 2.05) is 6.07 Å². The minimum atomic E-state index is -1.13. The van der Waals surface area contributed by atoms with Crippen molar-refractivity contribution in [1.29, 1.82) is 5.26 Å². The van der Waals surface area contributed by atoms with Gasteiger partial charge in [-0.25, -0.2) is 0 Å². The summed E-state index contributed by atoms with van der Waals surface area (Å²) in [6.45, 7) is 0. The van der Waals surface area contributed by atoms with Gasteiger partial charge in [-0.15, -0.1) is 0 Å². The largest absolute Gasteiger partial charge is 0.495 e. The molecule has 2 aromatic rings. The molecular formula is C19H16ClN3O3. The van der Waals surface area contributed by atoms with E-state index in [9.17, 15) is 9.59 Å². The standard InChI is InChI=1S/C19H16ClN3O3/c1-26-16-6-5-13(20)10-15(16)23-18(25)19(7-8-19)17(24)22-14-4-2-3-12(9-14)11-21/h2-6,9-10H,7-8H2,1H3,(H,22,24)(H,23,25). The highest BCUT2D eigenvalue weighted by Crippen LogP contribution is 2.48. The van der Waals surface area contributed by atoms with E-state index < -0.39 is 17.2 Å². The summed E-state index contributed by atoms with van der Waals surface area (Å²) in [7, 11) is 1.49. The number of rotatable bonds is 5. The molecule has 0 bridgehead atoms. The first-order valence-electron chi connectivity index (χ1n) is 7.95. The fourth-order valence-electron chi connectivity index (χ4n) is 2.62. The third-order valence-corrected chi connectivity index (χ3v) is 4.51. The molecule has 1 aliphatic carbocycles. The van der Waals surface area contributed by atoms with E-state index in [0.29, 0.717) is 40.6 Å². The van der Waals surface area contributed by atoms with Gasteiger partial charge in [-0.3, -0.25) is 9.59 Å². The summed E-state index contributed by atoms with van der Waals surface area (Å²) in [5, 5.41) is 14.8. The van der Waals surface area contributed by atoms with Gasteiger partial charge in [0, 0.05) is 10.7 Å². The first-order chi connectivity index (χ1) is 12.5. The first-order valence-corrected chi connectivity index (χ1v) is 8.33. The van der Waals surface area contributed by atoms with Crippen LogP contribution in [0.15, 0.2) is 42.5 Å². The Hall–Kier alpha value is -3.04. The zero-order valence-corrected chi connectivity index (χ0v) is 14.8. The fraction of sp³-hybridized carbons (Fsp3) is 0.211. The molecule has 26 heavy (non-hydrogen) atoms. The Morgan fingerprint density at radius 3 is 2.54 bits per heavy atom. The second-order valence-corrected chi connectivity index (χ2v) is 6.46. The average molecular weight is 370 g/mol. The van der Waals surface area contributed by atoms with Crippen LogP contribution in [0.4, 0.5) is 11.4 Å². The van der Waals surface area contributed by atoms with Crippen molar-refractivity contribution < 1.29 is 14.3 Å². The summed E-state index contributed by atoms with van der Waals surface area (Å²) in [5.74, 6) is -0.348. The number of carbonyl (C=O) groups is 2. The molecule has 0 saturated heterocycles. The zero-order valence-electron chi connectivity index (χ0n) is 14.0. The van der Waals surface area contributed by atoms with Gasteiger partial charge < -0.3 is 15.4 Å². The summed E-state index contributed by atoms with van der Waals surface area (Å²) < 4.78 is 5.21. The predicted molar refractivity (Wildman–Crippen MR) is 98.1 cm³/mol. The molecule has 0 heterocycles. The number of hydrogen-bond acceptors (Lipinski definition) is 4. The van der Waals surface area contributed by atoms with Crippen LogP contribution in [0.1, 0.15) is 18.4 Å². The molecule has 2 N–H and O–H groups in total. The minimum absolute atomic E-state index is 0.397. The molecule has 2 aromatic carbocycles. The van der Waals surface area contributed by atoms with Gasteiger partial charge in [0.05, 0.1) is 24.4 Å². The van der Waals surface area contributed by atoms with Gasteiger partial charge in [0.1, 0.15) is 11.2 Å². The number of amides is 2. The smallest absolute Gasteiger partial charge is 0.240 e. The van der Waals surface area contributed by atoms with Crippen molar-refractivity contribution in [3.8, 4) is 11.8 Å². The van der Waals surface area contributed by atoms with Crippen molar-refractivity contribution >= 4 is 34.8 Å². The van der Waals surface area contributed by atoms with Crippen LogP contribution < -0.4 is 15.4 Å². The quantitative estimate of drug-likeness (QED) is 0.788. The number of methoxy groups -OCH3 is 1. The Morgan fingerprint density at radius 1 is 1.15 bits per heavy atom. The summed E-state index contributed by atoms with van der Waals surface area (Å²) in [6, 6.07) is 13.4. The third-order valence-electron chi connectivity index (χ3n) is 4.28. The van der Waals surface area contributed by atoms with Crippen LogP contribution in [0.5, 0.6) is 5.75 Å². The molecule has 3 rings (SSSR count). The van der Waals surface area contributed by atoms with Crippen LogP contribution in [0.2, 0.25) is 5.02 Å². The normalized spacial score (nSPS) is 14.0. The second kappa shape index (κ2) is 7.06. The molecule has 0 spiro atoms. The monoisotopic (exact) mass is 369 g/mol. The summed E-state index contributed by atoms with van der Waals surface area (Å²) in [4.78, 5) is 25.3. The molecule has 2 amide bonds. The molecule has 7 heteroatoms.